The quantitative estimate of drug-likeness (QED) is 0.533. The summed E-state index contributed by atoms with van der Waals surface area (Å²) >= 11 is 0. The van der Waals surface area contributed by atoms with Crippen LogP contribution in [0.1, 0.15) is 24.6 Å². The van der Waals surface area contributed by atoms with Crippen molar-refractivity contribution >= 4 is 5.65 Å². The first kappa shape index (κ1) is 16.1. The molecule has 0 saturated carbocycles. The molecule has 0 unspecified atom stereocenters. The minimum absolute atomic E-state index is 0.380. The van der Waals surface area contributed by atoms with Gasteiger partial charge in [0.05, 0.1) is 6.33 Å². The molecule has 0 spiro atoms. The normalized spacial score (nSPS) is 16.3. The lowest BCUT2D eigenvalue weighted by Gasteiger charge is -2.31. The number of piperidine rings is 1. The highest BCUT2D eigenvalue weighted by Gasteiger charge is 2.25. The van der Waals surface area contributed by atoms with E-state index >= 15 is 0 Å². The van der Waals surface area contributed by atoms with E-state index in [1.54, 1.807) is 10.9 Å². The van der Waals surface area contributed by atoms with Crippen LogP contribution in [0.2, 0.25) is 0 Å². The summed E-state index contributed by atoms with van der Waals surface area (Å²) in [6, 6.07) is 5.75. The van der Waals surface area contributed by atoms with Crippen molar-refractivity contribution in [2.45, 2.75) is 25.3 Å². The second kappa shape index (κ2) is 6.92. The smallest absolute Gasteiger partial charge is 0.178 e. The Labute approximate surface area is 156 Å². The lowest BCUT2D eigenvalue weighted by Crippen LogP contribution is -2.35. The summed E-state index contributed by atoms with van der Waals surface area (Å²) < 4.78 is 5.75. The van der Waals surface area contributed by atoms with Gasteiger partial charge in [-0.25, -0.2) is 9.67 Å². The van der Waals surface area contributed by atoms with Crippen molar-refractivity contribution in [3.8, 4) is 5.82 Å². The Bertz CT molecular complexity index is 995. The van der Waals surface area contributed by atoms with Gasteiger partial charge in [-0.1, -0.05) is 0 Å². The molecule has 27 heavy (non-hydrogen) atoms. The minimum atomic E-state index is 0.380. The first-order valence-electron chi connectivity index (χ1n) is 9.27. The molecule has 0 radical (unpaired) electrons. The van der Waals surface area contributed by atoms with Gasteiger partial charge in [-0.05, 0) is 44.1 Å². The number of fused-ring (bicyclic) bond motifs is 1. The van der Waals surface area contributed by atoms with Crippen molar-refractivity contribution in [2.75, 3.05) is 19.6 Å². The van der Waals surface area contributed by atoms with Gasteiger partial charge in [-0.15, -0.1) is 15.3 Å². The van der Waals surface area contributed by atoms with Crippen LogP contribution in [0, 0.1) is 0 Å². The summed E-state index contributed by atoms with van der Waals surface area (Å²) in [5.74, 6) is 2.10. The number of likely N-dealkylation sites (tertiary alicyclic amines) is 1. The Balaban J connectivity index is 1.29. The van der Waals surface area contributed by atoms with Crippen LogP contribution in [0.5, 0.6) is 0 Å². The molecule has 5 rings (SSSR count). The summed E-state index contributed by atoms with van der Waals surface area (Å²) in [6.45, 7) is 4.15. The molecule has 4 aromatic rings. The van der Waals surface area contributed by atoms with Crippen molar-refractivity contribution in [3.05, 3.63) is 55.1 Å². The fourth-order valence-corrected chi connectivity index (χ4v) is 3.67. The molecule has 138 valence electrons. The van der Waals surface area contributed by atoms with Crippen LogP contribution in [-0.2, 0) is 6.54 Å². The zero-order valence-electron chi connectivity index (χ0n) is 15.0. The number of hydrogen-bond acceptors (Lipinski definition) is 6. The average Bonchev–Trinajstić information content (AvgIpc) is 3.48. The zero-order valence-corrected chi connectivity index (χ0v) is 15.0. The fraction of sp³-hybridized carbons (Fsp3) is 0.389. The Morgan fingerprint density at radius 2 is 1.93 bits per heavy atom. The van der Waals surface area contributed by atoms with Gasteiger partial charge in [0.1, 0.15) is 0 Å². The van der Waals surface area contributed by atoms with Crippen molar-refractivity contribution in [1.82, 2.24) is 44.0 Å². The van der Waals surface area contributed by atoms with Crippen molar-refractivity contribution in [2.24, 2.45) is 0 Å². The third-order valence-electron chi connectivity index (χ3n) is 5.20. The molecule has 4 aromatic heterocycles. The Kier molecular flexibility index (Phi) is 4.13. The van der Waals surface area contributed by atoms with Crippen molar-refractivity contribution in [3.63, 3.8) is 0 Å². The molecule has 0 bridgehead atoms. The molecular weight excluding hydrogens is 342 g/mol. The number of rotatable bonds is 5. The molecule has 1 aliphatic heterocycles. The molecule has 0 N–H and O–H groups in total. The van der Waals surface area contributed by atoms with Crippen LogP contribution in [0.4, 0.5) is 0 Å². The number of aromatic nitrogens is 8. The van der Waals surface area contributed by atoms with Gasteiger partial charge in [0.15, 0.2) is 17.3 Å². The number of hydrogen-bond donors (Lipinski definition) is 0. The highest BCUT2D eigenvalue weighted by molar-refractivity contribution is 5.39. The maximum atomic E-state index is 4.71. The highest BCUT2D eigenvalue weighted by Crippen LogP contribution is 2.26. The second-order valence-electron chi connectivity index (χ2n) is 6.89. The molecule has 5 heterocycles. The third-order valence-corrected chi connectivity index (χ3v) is 5.20. The van der Waals surface area contributed by atoms with Gasteiger partial charge in [0, 0.05) is 43.8 Å². The molecule has 1 fully saturated rings. The van der Waals surface area contributed by atoms with Gasteiger partial charge in [0.25, 0.3) is 0 Å². The monoisotopic (exact) mass is 363 g/mol. The Hall–Kier alpha value is -3.07. The predicted molar refractivity (Wildman–Crippen MR) is 98.5 cm³/mol. The molecular formula is C18H21N9. The third kappa shape index (κ3) is 3.21. The number of imidazole rings is 1. The van der Waals surface area contributed by atoms with Crippen LogP contribution in [0.25, 0.3) is 11.5 Å². The van der Waals surface area contributed by atoms with Crippen LogP contribution in [0.15, 0.2) is 49.3 Å². The minimum Gasteiger partial charge on any atom is -0.336 e. The summed E-state index contributed by atoms with van der Waals surface area (Å²) in [7, 11) is 0. The van der Waals surface area contributed by atoms with Crippen molar-refractivity contribution < 1.29 is 0 Å². The molecule has 0 atom stereocenters. The van der Waals surface area contributed by atoms with E-state index in [1.807, 2.05) is 47.6 Å². The van der Waals surface area contributed by atoms with E-state index in [0.717, 1.165) is 56.3 Å². The van der Waals surface area contributed by atoms with E-state index in [-0.39, 0.29) is 0 Å². The van der Waals surface area contributed by atoms with Crippen LogP contribution < -0.4 is 0 Å². The van der Waals surface area contributed by atoms with Gasteiger partial charge < -0.3 is 9.47 Å². The topological polar surface area (TPSA) is 82.0 Å². The van der Waals surface area contributed by atoms with E-state index in [9.17, 15) is 0 Å². The van der Waals surface area contributed by atoms with Gasteiger partial charge in [-0.3, -0.25) is 0 Å². The first-order chi connectivity index (χ1) is 13.4. The van der Waals surface area contributed by atoms with E-state index < -0.39 is 0 Å². The van der Waals surface area contributed by atoms with Gasteiger partial charge in [-0.2, -0.15) is 9.61 Å². The molecule has 0 aliphatic carbocycles. The lowest BCUT2D eigenvalue weighted by molar-refractivity contribution is 0.201. The molecule has 0 aromatic carbocycles. The summed E-state index contributed by atoms with van der Waals surface area (Å²) in [5, 5.41) is 17.7. The molecule has 1 saturated heterocycles. The Morgan fingerprint density at radius 3 is 2.70 bits per heavy atom. The predicted octanol–water partition coefficient (Wildman–Crippen LogP) is 1.39. The summed E-state index contributed by atoms with van der Waals surface area (Å²) in [6.07, 6.45) is 11.5. The zero-order chi connectivity index (χ0) is 18.1. The second-order valence-corrected chi connectivity index (χ2v) is 6.89. The first-order valence-corrected chi connectivity index (χ1v) is 9.27. The van der Waals surface area contributed by atoms with Crippen LogP contribution in [-0.4, -0.2) is 63.7 Å². The largest absolute Gasteiger partial charge is 0.336 e. The fourth-order valence-electron chi connectivity index (χ4n) is 3.67. The van der Waals surface area contributed by atoms with Gasteiger partial charge in [0.2, 0.25) is 0 Å². The van der Waals surface area contributed by atoms with Crippen LogP contribution in [0.3, 0.4) is 0 Å². The van der Waals surface area contributed by atoms with E-state index in [2.05, 4.69) is 29.7 Å². The van der Waals surface area contributed by atoms with Crippen LogP contribution >= 0.6 is 0 Å². The maximum absolute atomic E-state index is 4.71. The molecule has 9 nitrogen and oxygen atoms in total. The number of nitrogens with zero attached hydrogens (tertiary/aromatic N) is 9. The van der Waals surface area contributed by atoms with E-state index in [4.69, 9.17) is 5.10 Å². The molecule has 0 amide bonds. The molecule has 9 heteroatoms. The van der Waals surface area contributed by atoms with E-state index in [1.165, 1.54) is 0 Å². The maximum Gasteiger partial charge on any atom is 0.178 e. The van der Waals surface area contributed by atoms with Gasteiger partial charge >= 0.3 is 0 Å². The van der Waals surface area contributed by atoms with E-state index in [0.29, 0.717) is 5.92 Å². The Morgan fingerprint density at radius 1 is 1.00 bits per heavy atom. The van der Waals surface area contributed by atoms with Crippen molar-refractivity contribution in [1.29, 1.82) is 0 Å². The standard InChI is InChI=1S/C18H21N9/c1-6-20-26(8-1)17-3-2-16-21-22-18(27(16)23-17)15-4-9-24(10-5-15)12-13-25-11-7-19-14-25/h1-3,6-8,11,14-15H,4-5,9-10,12-13H2. The SMILES string of the molecule is c1cnn(-c2ccc3nnc(C4CCN(CCn5ccnc5)CC4)n3n2)c1. The average molecular weight is 363 g/mol. The highest BCUT2D eigenvalue weighted by atomic mass is 15.4. The lowest BCUT2D eigenvalue weighted by atomic mass is 9.96. The summed E-state index contributed by atoms with van der Waals surface area (Å²) in [4.78, 5) is 6.60. The molecule has 1 aliphatic rings. The summed E-state index contributed by atoms with van der Waals surface area (Å²) in [5.41, 5.74) is 0.781.